The van der Waals surface area contributed by atoms with Crippen molar-refractivity contribution in [3.63, 3.8) is 0 Å². The summed E-state index contributed by atoms with van der Waals surface area (Å²) in [7, 11) is 0. The number of allylic oxidation sites excluding steroid dienone is 12. The van der Waals surface area contributed by atoms with Gasteiger partial charge in [-0.3, -0.25) is 0 Å². The number of aryl methyl sites for hydroxylation is 1. The van der Waals surface area contributed by atoms with Crippen LogP contribution in [0.15, 0.2) is 224 Å². The molecule has 0 fully saturated rings. The van der Waals surface area contributed by atoms with Crippen molar-refractivity contribution in [2.24, 2.45) is 0 Å². The molecule has 0 spiro atoms. The van der Waals surface area contributed by atoms with E-state index in [0.717, 1.165) is 12.8 Å². The van der Waals surface area contributed by atoms with Gasteiger partial charge >= 0.3 is 220 Å². The second-order valence-electron chi connectivity index (χ2n) is 16.7. The van der Waals surface area contributed by atoms with Gasteiger partial charge in [0, 0.05) is 0 Å². The Bertz CT molecular complexity index is 2780. The molecule has 0 radical (unpaired) electrons. The third kappa shape index (κ3) is 12.2. The Morgan fingerprint density at radius 1 is 0.701 bits per heavy atom. The molecule has 6 aromatic rings. The van der Waals surface area contributed by atoms with Gasteiger partial charge in [-0.05, 0) is 35.6 Å². The zero-order valence-electron chi connectivity index (χ0n) is 42.1. The Morgan fingerprint density at radius 2 is 1.34 bits per heavy atom. The molecule has 0 aliphatic carbocycles. The minimum absolute atomic E-state index is 0.193. The average Bonchev–Trinajstić information content (AvgIpc) is 3.92. The molecular formula is C63H70B4. The van der Waals surface area contributed by atoms with E-state index in [1.54, 1.807) is 0 Å². The Morgan fingerprint density at radius 3 is 1.99 bits per heavy atom. The Hall–Kier alpha value is -6.37. The van der Waals surface area contributed by atoms with Gasteiger partial charge in [0.2, 0.25) is 6.71 Å². The van der Waals surface area contributed by atoms with Crippen molar-refractivity contribution in [3.8, 4) is 22.3 Å². The molecule has 8 rings (SSSR count). The smallest absolute Gasteiger partial charge is 0.0683 e. The molecule has 2 heterocycles. The van der Waals surface area contributed by atoms with Gasteiger partial charge in [0.1, 0.15) is 0 Å². The van der Waals surface area contributed by atoms with Crippen molar-refractivity contribution in [2.75, 3.05) is 0 Å². The predicted octanol–water partition coefficient (Wildman–Crippen LogP) is 13.2. The summed E-state index contributed by atoms with van der Waals surface area (Å²) in [5.74, 6) is 0. The fraction of sp³-hybridized carbons (Fsp3) is 0.190. The first kappa shape index (κ1) is 51.6. The molecule has 0 nitrogen and oxygen atoms in total. The van der Waals surface area contributed by atoms with Crippen LogP contribution in [0.5, 0.6) is 0 Å². The number of rotatable bonds is 12. The van der Waals surface area contributed by atoms with Crippen molar-refractivity contribution < 1.29 is 0 Å². The van der Waals surface area contributed by atoms with Gasteiger partial charge in [-0.2, -0.15) is 0 Å². The first-order valence-electron chi connectivity index (χ1n) is 24.6. The fourth-order valence-electron chi connectivity index (χ4n) is 9.61. The largest absolute Gasteiger partial charge is 0.0683 e. The topological polar surface area (TPSA) is 0 Å². The number of fused-ring (bicyclic) bond motifs is 4. The summed E-state index contributed by atoms with van der Waals surface area (Å²) in [6.45, 7) is 32.3. The van der Waals surface area contributed by atoms with Crippen molar-refractivity contribution in [3.05, 3.63) is 240 Å². The third-order valence-electron chi connectivity index (χ3n) is 12.9. The molecule has 0 atom stereocenters. The van der Waals surface area contributed by atoms with Crippen LogP contribution in [0.1, 0.15) is 78.5 Å². The molecule has 4 heteroatoms. The van der Waals surface area contributed by atoms with E-state index in [9.17, 15) is 0 Å². The predicted molar refractivity (Wildman–Crippen MR) is 309 cm³/mol. The van der Waals surface area contributed by atoms with Crippen LogP contribution in [0.3, 0.4) is 0 Å². The molecule has 0 unspecified atom stereocenters. The van der Waals surface area contributed by atoms with Gasteiger partial charge in [-0.15, -0.1) is 0 Å². The van der Waals surface area contributed by atoms with Crippen LogP contribution in [0.4, 0.5) is 0 Å². The van der Waals surface area contributed by atoms with Gasteiger partial charge in [-0.1, -0.05) is 148 Å². The molecule has 0 N–H and O–H groups in total. The minimum atomic E-state index is 0.193. The average molecular weight is 871 g/mol. The van der Waals surface area contributed by atoms with E-state index in [2.05, 4.69) is 237 Å². The maximum Gasteiger partial charge on any atom is -0.0683 e. The zero-order chi connectivity index (χ0) is 48.3. The van der Waals surface area contributed by atoms with Crippen LogP contribution in [0.2, 0.25) is 6.82 Å². The zero-order valence-corrected chi connectivity index (χ0v) is 42.1. The standard InChI is InChI=1S/C33H35B3.C26H23B.2C2H6/c1-7-16-30(35(6)26-17-12-11-13-18-26)27(9-3)25-21-22-29-28-19-14-15-20-31(28)36(32(29)23-25)33(10-4)34-24(5)8-2;1-3-4-6-14-24-18-22-17-16-21(25-15-10-9-11-20(25)2)19-26(22)27(24)23-12-7-5-8-13-23;2*1-2/h7-8,10-23H,4,9H2,1-3,5-6H3;3-17,19H,1,18H2,2H3;2*1-2H3/b16-7-,24-8-,30-27-;6-4-,24-14+;;. The van der Waals surface area contributed by atoms with Crippen LogP contribution >= 0.6 is 0 Å². The van der Waals surface area contributed by atoms with E-state index in [1.165, 1.54) is 93.6 Å². The summed E-state index contributed by atoms with van der Waals surface area (Å²) < 4.78 is 0. The maximum atomic E-state index is 4.21. The van der Waals surface area contributed by atoms with Crippen LogP contribution in [0.25, 0.3) is 27.8 Å². The summed E-state index contributed by atoms with van der Waals surface area (Å²) in [5, 5.41) is 1.25. The quantitative estimate of drug-likeness (QED) is 0.0849. The molecule has 334 valence electrons. The van der Waals surface area contributed by atoms with E-state index < -0.39 is 0 Å². The molecule has 0 saturated heterocycles. The van der Waals surface area contributed by atoms with Crippen molar-refractivity contribution >= 4 is 65.3 Å². The molecule has 0 bridgehead atoms. The van der Waals surface area contributed by atoms with E-state index >= 15 is 0 Å². The van der Waals surface area contributed by atoms with Gasteiger partial charge < -0.3 is 0 Å². The second-order valence-corrected chi connectivity index (χ2v) is 16.7. The molecule has 67 heavy (non-hydrogen) atoms. The molecule has 0 aromatic heterocycles. The van der Waals surface area contributed by atoms with Crippen LogP contribution in [0, 0.1) is 6.92 Å². The Balaban J connectivity index is 0.000000241. The first-order chi connectivity index (χ1) is 32.8. The van der Waals surface area contributed by atoms with Crippen LogP contribution in [-0.2, 0) is 6.42 Å². The van der Waals surface area contributed by atoms with Crippen molar-refractivity contribution in [1.82, 2.24) is 0 Å². The van der Waals surface area contributed by atoms with Crippen molar-refractivity contribution in [1.29, 1.82) is 0 Å². The summed E-state index contributed by atoms with van der Waals surface area (Å²) in [5.41, 5.74) is 21.7. The Kier molecular flexibility index (Phi) is 20.1. The summed E-state index contributed by atoms with van der Waals surface area (Å²) in [6.07, 6.45) is 18.8. The number of hydrogen-bond acceptors (Lipinski definition) is 0. The SMILES string of the molecule is C=C/C=C\C=C1/Cc2ccc(-c3ccccc3C)cc2B1c1ccccc1.C=CC(=B/C(C)=C\C)B1c2ccccc2-c2ccc(/C(CC)=C(/C=C\C)B(C)c3ccccc3)cc21.CC.CC. The summed E-state index contributed by atoms with van der Waals surface area (Å²) in [4.78, 5) is 0. The molecule has 6 aromatic carbocycles. The van der Waals surface area contributed by atoms with Gasteiger partial charge in [-0.25, -0.2) is 0 Å². The minimum Gasteiger partial charge on any atom is -0.0683 e. The molecular weight excluding hydrogens is 800 g/mol. The molecule has 0 saturated carbocycles. The van der Waals surface area contributed by atoms with Crippen molar-refractivity contribution in [2.45, 2.75) is 82.0 Å². The van der Waals surface area contributed by atoms with E-state index in [1.807, 2.05) is 45.9 Å². The Labute approximate surface area is 407 Å². The van der Waals surface area contributed by atoms with Gasteiger partial charge in [0.15, 0.2) is 0 Å². The van der Waals surface area contributed by atoms with Crippen LogP contribution in [-0.4, -0.2) is 32.4 Å². The fourth-order valence-corrected chi connectivity index (χ4v) is 9.61. The first-order valence-corrected chi connectivity index (χ1v) is 24.6. The van der Waals surface area contributed by atoms with Gasteiger partial charge in [0.05, 0.1) is 0 Å². The van der Waals surface area contributed by atoms with E-state index in [-0.39, 0.29) is 6.71 Å². The third-order valence-corrected chi connectivity index (χ3v) is 12.9. The normalized spacial score (nSPS) is 13.5. The molecule has 0 amide bonds. The summed E-state index contributed by atoms with van der Waals surface area (Å²) >= 11 is 0. The molecule has 2 aliphatic heterocycles. The van der Waals surface area contributed by atoms with Gasteiger partial charge in [0.25, 0.3) is 0 Å². The monoisotopic (exact) mass is 871 g/mol. The second kappa shape index (κ2) is 26.1. The maximum absolute atomic E-state index is 4.21. The van der Waals surface area contributed by atoms with E-state index in [0.29, 0.717) is 13.4 Å². The molecule has 2 aliphatic rings. The van der Waals surface area contributed by atoms with E-state index in [4.69, 9.17) is 0 Å². The van der Waals surface area contributed by atoms with Crippen LogP contribution < -0.4 is 27.3 Å². The summed E-state index contributed by atoms with van der Waals surface area (Å²) in [6, 6.07) is 53.2. The number of benzene rings is 6. The number of hydrogen-bond donors (Lipinski definition) is 0.